The molecule has 0 bridgehead atoms. The van der Waals surface area contributed by atoms with Gasteiger partial charge in [-0.05, 0) is 84.4 Å². The predicted molar refractivity (Wildman–Crippen MR) is 142 cm³/mol. The third kappa shape index (κ3) is 5.79. The summed E-state index contributed by atoms with van der Waals surface area (Å²) in [4.78, 5) is 15.7. The first-order chi connectivity index (χ1) is 16.8. The molecule has 1 aliphatic carbocycles. The molecule has 4 atom stereocenters. The number of fused-ring (bicyclic) bond motifs is 1. The highest BCUT2D eigenvalue weighted by atomic mass is 79.9. The molecule has 2 aromatic carbocycles. The fourth-order valence-electron chi connectivity index (χ4n) is 5.76. The molecule has 0 saturated heterocycles. The van der Waals surface area contributed by atoms with Gasteiger partial charge in [-0.1, -0.05) is 55.3 Å². The lowest BCUT2D eigenvalue weighted by Gasteiger charge is -2.41. The van der Waals surface area contributed by atoms with E-state index in [1.165, 1.54) is 17.5 Å². The fraction of sp³-hybridized carbons (Fsp3) is 0.552. The standard InChI is InChI=1S/C29H38BrNO4/c1-18(2)23-11-6-19(3)14-26(23)35-29(32)31-13-12-21-16-27(33-4)28(34-5)17-24(21)25(31)15-20-7-9-22(30)10-8-20/h7-10,16-19,23,25-26H,6,11-15H2,1-5H3/t19-,23+,25+,26-/m0/s1. The van der Waals surface area contributed by atoms with E-state index in [2.05, 4.69) is 54.9 Å². The van der Waals surface area contributed by atoms with Crippen LogP contribution in [0.3, 0.4) is 0 Å². The number of ether oxygens (including phenoxy) is 3. The Hall–Kier alpha value is -2.21. The molecule has 1 saturated carbocycles. The summed E-state index contributed by atoms with van der Waals surface area (Å²) in [5.41, 5.74) is 3.47. The van der Waals surface area contributed by atoms with Crippen molar-refractivity contribution in [1.29, 1.82) is 0 Å². The summed E-state index contributed by atoms with van der Waals surface area (Å²) in [7, 11) is 3.31. The number of rotatable bonds is 6. The second-order valence-electron chi connectivity index (χ2n) is 10.4. The summed E-state index contributed by atoms with van der Waals surface area (Å²) < 4.78 is 18.5. The summed E-state index contributed by atoms with van der Waals surface area (Å²) >= 11 is 3.53. The molecule has 190 valence electrons. The van der Waals surface area contributed by atoms with E-state index in [-0.39, 0.29) is 18.2 Å². The van der Waals surface area contributed by atoms with Crippen molar-refractivity contribution < 1.29 is 19.0 Å². The normalized spacial score (nSPS) is 24.1. The highest BCUT2D eigenvalue weighted by Gasteiger charge is 2.38. The van der Waals surface area contributed by atoms with Crippen molar-refractivity contribution in [2.24, 2.45) is 17.8 Å². The number of hydrogen-bond acceptors (Lipinski definition) is 4. The summed E-state index contributed by atoms with van der Waals surface area (Å²) in [5.74, 6) is 2.91. The van der Waals surface area contributed by atoms with E-state index < -0.39 is 0 Å². The van der Waals surface area contributed by atoms with Crippen LogP contribution in [0, 0.1) is 17.8 Å². The highest BCUT2D eigenvalue weighted by molar-refractivity contribution is 9.10. The fourth-order valence-corrected chi connectivity index (χ4v) is 6.02. The molecule has 0 aromatic heterocycles. The molecule has 2 aliphatic rings. The zero-order chi connectivity index (χ0) is 25.1. The SMILES string of the molecule is COc1cc2c(cc1OC)[C@@H](Cc1ccc(Br)cc1)N(C(=O)O[C@H]1C[C@@H](C)CC[C@@H]1C(C)C)CC2. The predicted octanol–water partition coefficient (Wildman–Crippen LogP) is 7.21. The number of carbonyl (C=O) groups excluding carboxylic acids is 1. The molecule has 1 fully saturated rings. The van der Waals surface area contributed by atoms with E-state index in [4.69, 9.17) is 14.2 Å². The van der Waals surface area contributed by atoms with Gasteiger partial charge >= 0.3 is 6.09 Å². The summed E-state index contributed by atoms with van der Waals surface area (Å²) in [5, 5.41) is 0. The lowest BCUT2D eigenvalue weighted by atomic mass is 9.75. The minimum absolute atomic E-state index is 0.0219. The number of benzene rings is 2. The number of amides is 1. The summed E-state index contributed by atoms with van der Waals surface area (Å²) in [6.45, 7) is 7.38. The first-order valence-electron chi connectivity index (χ1n) is 12.8. The summed E-state index contributed by atoms with van der Waals surface area (Å²) in [6, 6.07) is 12.3. The molecule has 1 aliphatic heterocycles. The van der Waals surface area contributed by atoms with Crippen molar-refractivity contribution in [2.45, 2.75) is 65.0 Å². The van der Waals surface area contributed by atoms with Gasteiger partial charge in [0, 0.05) is 11.0 Å². The van der Waals surface area contributed by atoms with Gasteiger partial charge in [-0.3, -0.25) is 0 Å². The van der Waals surface area contributed by atoms with Gasteiger partial charge in [0.15, 0.2) is 11.5 Å². The molecular formula is C29H38BrNO4. The molecule has 4 rings (SSSR count). The number of hydrogen-bond donors (Lipinski definition) is 0. The monoisotopic (exact) mass is 543 g/mol. The zero-order valence-electron chi connectivity index (χ0n) is 21.6. The van der Waals surface area contributed by atoms with Crippen molar-refractivity contribution in [3.63, 3.8) is 0 Å². The van der Waals surface area contributed by atoms with Crippen LogP contribution in [0.15, 0.2) is 40.9 Å². The molecule has 2 aromatic rings. The van der Waals surface area contributed by atoms with Crippen molar-refractivity contribution in [3.05, 3.63) is 57.6 Å². The van der Waals surface area contributed by atoms with Crippen molar-refractivity contribution >= 4 is 22.0 Å². The number of nitrogens with zero attached hydrogens (tertiary/aromatic N) is 1. The lowest BCUT2D eigenvalue weighted by Crippen LogP contribution is -2.45. The molecule has 1 heterocycles. The van der Waals surface area contributed by atoms with Crippen LogP contribution in [0.2, 0.25) is 0 Å². The molecule has 0 N–H and O–H groups in total. The van der Waals surface area contributed by atoms with E-state index in [1.54, 1.807) is 14.2 Å². The molecule has 0 radical (unpaired) electrons. The third-order valence-corrected chi connectivity index (χ3v) is 8.32. The Kier molecular flexibility index (Phi) is 8.31. The maximum absolute atomic E-state index is 13.7. The first kappa shape index (κ1) is 25.9. The van der Waals surface area contributed by atoms with Crippen LogP contribution in [-0.4, -0.2) is 37.9 Å². The van der Waals surface area contributed by atoms with Gasteiger partial charge in [-0.15, -0.1) is 0 Å². The minimum atomic E-state index is -0.197. The second kappa shape index (κ2) is 11.2. The Morgan fingerprint density at radius 1 is 1.09 bits per heavy atom. The van der Waals surface area contributed by atoms with Gasteiger partial charge in [-0.25, -0.2) is 4.79 Å². The Bertz CT molecular complexity index is 1020. The lowest BCUT2D eigenvalue weighted by molar-refractivity contribution is -0.0167. The Labute approximate surface area is 218 Å². The average molecular weight is 545 g/mol. The Morgan fingerprint density at radius 2 is 1.77 bits per heavy atom. The quantitative estimate of drug-likeness (QED) is 0.386. The van der Waals surface area contributed by atoms with Crippen LogP contribution < -0.4 is 9.47 Å². The zero-order valence-corrected chi connectivity index (χ0v) is 23.1. The molecule has 0 spiro atoms. The second-order valence-corrected chi connectivity index (χ2v) is 11.4. The van der Waals surface area contributed by atoms with E-state index in [1.807, 2.05) is 23.1 Å². The molecule has 5 nitrogen and oxygen atoms in total. The van der Waals surface area contributed by atoms with Gasteiger partial charge < -0.3 is 19.1 Å². The number of carbonyl (C=O) groups is 1. The van der Waals surface area contributed by atoms with E-state index in [0.717, 1.165) is 35.0 Å². The average Bonchev–Trinajstić information content (AvgIpc) is 2.84. The first-order valence-corrected chi connectivity index (χ1v) is 13.6. The molecule has 1 amide bonds. The Morgan fingerprint density at radius 3 is 2.43 bits per heavy atom. The van der Waals surface area contributed by atoms with Crippen LogP contribution in [0.25, 0.3) is 0 Å². The third-order valence-electron chi connectivity index (χ3n) is 7.79. The minimum Gasteiger partial charge on any atom is -0.493 e. The maximum Gasteiger partial charge on any atom is 0.410 e. The molecular weight excluding hydrogens is 506 g/mol. The van der Waals surface area contributed by atoms with Gasteiger partial charge in [0.1, 0.15) is 6.10 Å². The van der Waals surface area contributed by atoms with Crippen LogP contribution in [-0.2, 0) is 17.6 Å². The van der Waals surface area contributed by atoms with E-state index in [9.17, 15) is 4.79 Å². The maximum atomic E-state index is 13.7. The van der Waals surface area contributed by atoms with Gasteiger partial charge in [0.05, 0.1) is 20.3 Å². The highest BCUT2D eigenvalue weighted by Crippen LogP contribution is 2.41. The summed E-state index contributed by atoms with van der Waals surface area (Å²) in [6.07, 6.45) is 4.53. The van der Waals surface area contributed by atoms with Crippen molar-refractivity contribution in [2.75, 3.05) is 20.8 Å². The van der Waals surface area contributed by atoms with Crippen LogP contribution in [0.4, 0.5) is 4.79 Å². The van der Waals surface area contributed by atoms with E-state index in [0.29, 0.717) is 36.5 Å². The van der Waals surface area contributed by atoms with Crippen molar-refractivity contribution in [1.82, 2.24) is 4.90 Å². The largest absolute Gasteiger partial charge is 0.493 e. The molecule has 35 heavy (non-hydrogen) atoms. The van der Waals surface area contributed by atoms with Gasteiger partial charge in [-0.2, -0.15) is 0 Å². The number of methoxy groups -OCH3 is 2. The molecule has 0 unspecified atom stereocenters. The molecule has 6 heteroatoms. The Balaban J connectivity index is 1.65. The van der Waals surface area contributed by atoms with Crippen molar-refractivity contribution in [3.8, 4) is 11.5 Å². The van der Waals surface area contributed by atoms with Gasteiger partial charge in [0.2, 0.25) is 0 Å². The topological polar surface area (TPSA) is 48.0 Å². The van der Waals surface area contributed by atoms with E-state index >= 15 is 0 Å². The van der Waals surface area contributed by atoms with Crippen LogP contribution in [0.5, 0.6) is 11.5 Å². The number of halogens is 1. The van der Waals surface area contributed by atoms with Crippen LogP contribution in [0.1, 0.15) is 62.8 Å². The van der Waals surface area contributed by atoms with Gasteiger partial charge in [0.25, 0.3) is 0 Å². The van der Waals surface area contributed by atoms with Crippen LogP contribution >= 0.6 is 15.9 Å². The smallest absolute Gasteiger partial charge is 0.410 e.